The number of hydrogen-bond acceptors (Lipinski definition) is 3. The molecule has 0 amide bonds. The molecule has 1 aromatic carbocycles. The molecule has 0 fully saturated rings. The normalized spacial score (nSPS) is 14.7. The van der Waals surface area contributed by atoms with E-state index in [1.165, 1.54) is 10.9 Å². The van der Waals surface area contributed by atoms with Crippen molar-refractivity contribution >= 4 is 11.0 Å². The van der Waals surface area contributed by atoms with Crippen LogP contribution in [-0.2, 0) is 4.74 Å². The van der Waals surface area contributed by atoms with Crippen LogP contribution in [0, 0.1) is 6.92 Å². The molecule has 3 nitrogen and oxygen atoms in total. The summed E-state index contributed by atoms with van der Waals surface area (Å²) in [6, 6.07) is 8.36. The molecule has 1 heterocycles. The van der Waals surface area contributed by atoms with Gasteiger partial charge in [-0.1, -0.05) is 18.2 Å². The largest absolute Gasteiger partial charge is 0.459 e. The van der Waals surface area contributed by atoms with Gasteiger partial charge in [-0.2, -0.15) is 0 Å². The molecule has 1 aromatic heterocycles. The Morgan fingerprint density at radius 3 is 2.68 bits per heavy atom. The molecule has 0 aliphatic heterocycles. The Kier molecular flexibility index (Phi) is 4.61. The average molecular weight is 261 g/mol. The lowest BCUT2D eigenvalue weighted by molar-refractivity contribution is 0.0738. The van der Waals surface area contributed by atoms with Gasteiger partial charge in [0.1, 0.15) is 11.3 Å². The maximum Gasteiger partial charge on any atom is 0.134 e. The van der Waals surface area contributed by atoms with E-state index in [2.05, 4.69) is 32.2 Å². The Bertz CT molecular complexity index is 533. The Morgan fingerprint density at radius 1 is 1.26 bits per heavy atom. The summed E-state index contributed by atoms with van der Waals surface area (Å²) in [5, 5.41) is 4.66. The number of hydrogen-bond donors (Lipinski definition) is 1. The van der Waals surface area contributed by atoms with Crippen LogP contribution in [-0.4, -0.2) is 19.3 Å². The third-order valence-corrected chi connectivity index (χ3v) is 3.44. The quantitative estimate of drug-likeness (QED) is 0.858. The molecule has 2 unspecified atom stereocenters. The minimum atomic E-state index is 0.190. The van der Waals surface area contributed by atoms with Gasteiger partial charge in [-0.25, -0.2) is 0 Å². The van der Waals surface area contributed by atoms with E-state index in [4.69, 9.17) is 9.15 Å². The topological polar surface area (TPSA) is 34.4 Å². The second-order valence-electron chi connectivity index (χ2n) is 4.98. The number of nitrogens with one attached hydrogen (secondary N) is 1. The van der Waals surface area contributed by atoms with Gasteiger partial charge in [0.25, 0.3) is 0 Å². The van der Waals surface area contributed by atoms with Crippen LogP contribution in [0.1, 0.15) is 38.1 Å². The van der Waals surface area contributed by atoms with Gasteiger partial charge in [-0.05, 0) is 39.3 Å². The number of furan rings is 1. The summed E-state index contributed by atoms with van der Waals surface area (Å²) in [4.78, 5) is 0. The fourth-order valence-corrected chi connectivity index (χ4v) is 2.39. The van der Waals surface area contributed by atoms with E-state index >= 15 is 0 Å². The Morgan fingerprint density at radius 2 is 2.00 bits per heavy atom. The monoisotopic (exact) mass is 261 g/mol. The van der Waals surface area contributed by atoms with Crippen molar-refractivity contribution in [1.29, 1.82) is 0 Å². The number of para-hydroxylation sites is 1. The second kappa shape index (κ2) is 6.22. The highest BCUT2D eigenvalue weighted by atomic mass is 16.5. The van der Waals surface area contributed by atoms with E-state index in [9.17, 15) is 0 Å². The van der Waals surface area contributed by atoms with E-state index < -0.39 is 0 Å². The van der Waals surface area contributed by atoms with Crippen molar-refractivity contribution in [3.63, 3.8) is 0 Å². The summed E-state index contributed by atoms with van der Waals surface area (Å²) in [5.41, 5.74) is 2.18. The first kappa shape index (κ1) is 14.1. The summed E-state index contributed by atoms with van der Waals surface area (Å²) >= 11 is 0. The second-order valence-corrected chi connectivity index (χ2v) is 4.98. The predicted octanol–water partition coefficient (Wildman–Crippen LogP) is 3.82. The molecular formula is C16H23NO2. The molecule has 0 bridgehead atoms. The van der Waals surface area contributed by atoms with Crippen LogP contribution in [0.25, 0.3) is 11.0 Å². The fraction of sp³-hybridized carbons (Fsp3) is 0.500. The number of fused-ring (bicyclic) bond motifs is 1. The zero-order chi connectivity index (χ0) is 13.8. The van der Waals surface area contributed by atoms with Crippen molar-refractivity contribution < 1.29 is 9.15 Å². The van der Waals surface area contributed by atoms with E-state index in [-0.39, 0.29) is 12.1 Å². The van der Waals surface area contributed by atoms with Gasteiger partial charge in [0, 0.05) is 18.5 Å². The van der Waals surface area contributed by atoms with Crippen LogP contribution < -0.4 is 5.32 Å². The van der Waals surface area contributed by atoms with Gasteiger partial charge in [0.05, 0.1) is 12.1 Å². The number of benzene rings is 1. The lowest BCUT2D eigenvalue weighted by atomic mass is 10.1. The maximum atomic E-state index is 5.95. The van der Waals surface area contributed by atoms with Crippen LogP contribution in [0.5, 0.6) is 0 Å². The smallest absolute Gasteiger partial charge is 0.134 e. The molecule has 0 spiro atoms. The average Bonchev–Trinajstić information content (AvgIpc) is 2.74. The lowest BCUT2D eigenvalue weighted by Gasteiger charge is -2.16. The van der Waals surface area contributed by atoms with Crippen molar-refractivity contribution in [2.45, 2.75) is 39.8 Å². The highest BCUT2D eigenvalue weighted by Crippen LogP contribution is 2.28. The van der Waals surface area contributed by atoms with Crippen LogP contribution in [0.3, 0.4) is 0 Å². The lowest BCUT2D eigenvalue weighted by Crippen LogP contribution is -2.29. The third kappa shape index (κ3) is 3.17. The van der Waals surface area contributed by atoms with Gasteiger partial charge >= 0.3 is 0 Å². The number of ether oxygens (including phenoxy) is 1. The Labute approximate surface area is 114 Å². The van der Waals surface area contributed by atoms with Gasteiger partial charge in [0.2, 0.25) is 0 Å². The Hall–Kier alpha value is -1.32. The van der Waals surface area contributed by atoms with E-state index in [0.29, 0.717) is 0 Å². The van der Waals surface area contributed by atoms with Gasteiger partial charge in [-0.3, -0.25) is 0 Å². The number of rotatable bonds is 6. The molecule has 2 rings (SSSR count). The van der Waals surface area contributed by atoms with Crippen LogP contribution in [0.2, 0.25) is 0 Å². The molecule has 2 aromatic rings. The highest BCUT2D eigenvalue weighted by molar-refractivity contribution is 5.82. The fourth-order valence-electron chi connectivity index (χ4n) is 2.39. The SMILES string of the molecule is CCOC(C)CNC(C)c1oc2ccccc2c1C. The summed E-state index contributed by atoms with van der Waals surface area (Å²) in [6.45, 7) is 9.92. The van der Waals surface area contributed by atoms with Crippen molar-refractivity contribution in [3.8, 4) is 0 Å². The number of aryl methyl sites for hydroxylation is 1. The maximum absolute atomic E-state index is 5.95. The zero-order valence-electron chi connectivity index (χ0n) is 12.2. The molecule has 0 radical (unpaired) electrons. The first-order valence-corrected chi connectivity index (χ1v) is 6.96. The van der Waals surface area contributed by atoms with Gasteiger partial charge < -0.3 is 14.5 Å². The molecular weight excluding hydrogens is 238 g/mol. The minimum Gasteiger partial charge on any atom is -0.459 e. The molecule has 104 valence electrons. The van der Waals surface area contributed by atoms with E-state index in [1.807, 2.05) is 25.1 Å². The molecule has 0 aliphatic rings. The van der Waals surface area contributed by atoms with Crippen LogP contribution >= 0.6 is 0 Å². The third-order valence-electron chi connectivity index (χ3n) is 3.44. The summed E-state index contributed by atoms with van der Waals surface area (Å²) in [6.07, 6.45) is 0.220. The molecule has 3 heteroatoms. The standard InChI is InChI=1S/C16H23NO2/c1-5-18-11(2)10-17-13(4)16-12(3)14-8-6-7-9-15(14)19-16/h6-9,11,13,17H,5,10H2,1-4H3. The molecule has 0 saturated heterocycles. The first-order valence-electron chi connectivity index (χ1n) is 6.96. The van der Waals surface area contributed by atoms with Crippen LogP contribution in [0.4, 0.5) is 0 Å². The van der Waals surface area contributed by atoms with Gasteiger partial charge in [0.15, 0.2) is 0 Å². The Balaban J connectivity index is 2.09. The van der Waals surface area contributed by atoms with E-state index in [0.717, 1.165) is 24.5 Å². The molecule has 0 aliphatic carbocycles. The molecule has 2 atom stereocenters. The summed E-state index contributed by atoms with van der Waals surface area (Å²) < 4.78 is 11.5. The summed E-state index contributed by atoms with van der Waals surface area (Å²) in [7, 11) is 0. The van der Waals surface area contributed by atoms with Crippen molar-refractivity contribution in [2.24, 2.45) is 0 Å². The molecule has 0 saturated carbocycles. The van der Waals surface area contributed by atoms with E-state index in [1.54, 1.807) is 0 Å². The van der Waals surface area contributed by atoms with Crippen molar-refractivity contribution in [2.75, 3.05) is 13.2 Å². The zero-order valence-corrected chi connectivity index (χ0v) is 12.2. The van der Waals surface area contributed by atoms with Crippen LogP contribution in [0.15, 0.2) is 28.7 Å². The minimum absolute atomic E-state index is 0.190. The molecule has 1 N–H and O–H groups in total. The summed E-state index contributed by atoms with van der Waals surface area (Å²) in [5.74, 6) is 1.02. The van der Waals surface area contributed by atoms with Gasteiger partial charge in [-0.15, -0.1) is 0 Å². The molecule has 19 heavy (non-hydrogen) atoms. The van der Waals surface area contributed by atoms with Crippen molar-refractivity contribution in [1.82, 2.24) is 5.32 Å². The first-order chi connectivity index (χ1) is 9.13. The predicted molar refractivity (Wildman–Crippen MR) is 78.5 cm³/mol. The highest BCUT2D eigenvalue weighted by Gasteiger charge is 2.16. The van der Waals surface area contributed by atoms with Crippen molar-refractivity contribution in [3.05, 3.63) is 35.6 Å².